The standard InChI is InChI=1S/C16H26N2O2S/c1-11(2)7-15-17-14(10-21-15)16(19)18-6-5-13(8-18)20-9-12(3)4/h10-13H,5-9H2,1-4H3. The number of thiazole rings is 1. The van der Waals surface area contributed by atoms with E-state index >= 15 is 0 Å². The van der Waals surface area contributed by atoms with Crippen LogP contribution in [0.4, 0.5) is 0 Å². The Kier molecular flexibility index (Phi) is 5.76. The van der Waals surface area contributed by atoms with E-state index in [1.54, 1.807) is 11.3 Å². The zero-order valence-electron chi connectivity index (χ0n) is 13.5. The summed E-state index contributed by atoms with van der Waals surface area (Å²) in [5.41, 5.74) is 0.597. The van der Waals surface area contributed by atoms with Crippen LogP contribution >= 0.6 is 11.3 Å². The van der Waals surface area contributed by atoms with Crippen LogP contribution in [0.25, 0.3) is 0 Å². The molecule has 118 valence electrons. The Balaban J connectivity index is 1.87. The summed E-state index contributed by atoms with van der Waals surface area (Å²) in [6, 6.07) is 0. The lowest BCUT2D eigenvalue weighted by Gasteiger charge is -2.16. The Morgan fingerprint density at radius 1 is 1.43 bits per heavy atom. The minimum absolute atomic E-state index is 0.0527. The van der Waals surface area contributed by atoms with Crippen LogP contribution in [0.3, 0.4) is 0 Å². The lowest BCUT2D eigenvalue weighted by molar-refractivity contribution is 0.0395. The van der Waals surface area contributed by atoms with Gasteiger partial charge in [0.1, 0.15) is 5.69 Å². The minimum atomic E-state index is 0.0527. The fraction of sp³-hybridized carbons (Fsp3) is 0.750. The SMILES string of the molecule is CC(C)COC1CCN(C(=O)c2csc(CC(C)C)n2)C1. The van der Waals surface area contributed by atoms with Crippen LogP contribution in [-0.2, 0) is 11.2 Å². The quantitative estimate of drug-likeness (QED) is 0.810. The predicted molar refractivity (Wildman–Crippen MR) is 85.8 cm³/mol. The molecule has 1 aromatic rings. The van der Waals surface area contributed by atoms with Gasteiger partial charge in [-0.05, 0) is 18.3 Å². The van der Waals surface area contributed by atoms with Crippen LogP contribution in [0, 0.1) is 11.8 Å². The first-order valence-corrected chi connectivity index (χ1v) is 8.69. The van der Waals surface area contributed by atoms with Gasteiger partial charge in [0.2, 0.25) is 0 Å². The van der Waals surface area contributed by atoms with E-state index in [-0.39, 0.29) is 12.0 Å². The van der Waals surface area contributed by atoms with Crippen molar-refractivity contribution >= 4 is 17.2 Å². The first kappa shape index (κ1) is 16.4. The average Bonchev–Trinajstić information content (AvgIpc) is 3.03. The second kappa shape index (κ2) is 7.36. The van der Waals surface area contributed by atoms with Gasteiger partial charge in [0, 0.05) is 31.5 Å². The van der Waals surface area contributed by atoms with E-state index < -0.39 is 0 Å². The third-order valence-corrected chi connectivity index (χ3v) is 4.32. The van der Waals surface area contributed by atoms with Crippen LogP contribution in [0.15, 0.2) is 5.38 Å². The van der Waals surface area contributed by atoms with Crippen molar-refractivity contribution in [2.24, 2.45) is 11.8 Å². The number of aromatic nitrogens is 1. The van der Waals surface area contributed by atoms with Crippen LogP contribution in [0.5, 0.6) is 0 Å². The maximum atomic E-state index is 12.4. The van der Waals surface area contributed by atoms with E-state index in [9.17, 15) is 4.79 Å². The number of ether oxygens (including phenoxy) is 1. The second-order valence-electron chi connectivity index (χ2n) is 6.61. The van der Waals surface area contributed by atoms with Gasteiger partial charge < -0.3 is 9.64 Å². The number of carbonyl (C=O) groups excluding carboxylic acids is 1. The summed E-state index contributed by atoms with van der Waals surface area (Å²) in [7, 11) is 0. The van der Waals surface area contributed by atoms with Crippen molar-refractivity contribution in [2.45, 2.75) is 46.6 Å². The predicted octanol–water partition coefficient (Wildman–Crippen LogP) is 3.23. The highest BCUT2D eigenvalue weighted by Gasteiger charge is 2.28. The van der Waals surface area contributed by atoms with Crippen LogP contribution in [-0.4, -0.2) is 41.6 Å². The normalized spacial score (nSPS) is 19.0. The molecule has 0 saturated carbocycles. The zero-order chi connectivity index (χ0) is 15.4. The molecule has 1 unspecified atom stereocenters. The maximum absolute atomic E-state index is 12.4. The Hall–Kier alpha value is -0.940. The number of hydrogen-bond donors (Lipinski definition) is 0. The molecule has 1 aliphatic heterocycles. The van der Waals surface area contributed by atoms with Gasteiger partial charge >= 0.3 is 0 Å². The molecule has 1 amide bonds. The molecule has 5 heteroatoms. The molecule has 1 saturated heterocycles. The highest BCUT2D eigenvalue weighted by atomic mass is 32.1. The molecule has 0 bridgehead atoms. The van der Waals surface area contributed by atoms with Crippen molar-refractivity contribution in [1.29, 1.82) is 0 Å². The van der Waals surface area contributed by atoms with Crippen molar-refractivity contribution in [3.63, 3.8) is 0 Å². The molecule has 1 aliphatic rings. The largest absolute Gasteiger partial charge is 0.376 e. The van der Waals surface area contributed by atoms with Gasteiger partial charge in [0.15, 0.2) is 0 Å². The fourth-order valence-electron chi connectivity index (χ4n) is 2.39. The van der Waals surface area contributed by atoms with Gasteiger partial charge in [-0.1, -0.05) is 27.7 Å². The van der Waals surface area contributed by atoms with Crippen molar-refractivity contribution < 1.29 is 9.53 Å². The molecule has 2 rings (SSSR count). The molecule has 0 aromatic carbocycles. The number of rotatable bonds is 6. The molecule has 1 atom stereocenters. The molecule has 0 radical (unpaired) electrons. The van der Waals surface area contributed by atoms with Gasteiger partial charge in [-0.2, -0.15) is 0 Å². The molecule has 21 heavy (non-hydrogen) atoms. The van der Waals surface area contributed by atoms with Gasteiger partial charge in [0.05, 0.1) is 11.1 Å². The Bertz CT molecular complexity index is 471. The van der Waals surface area contributed by atoms with Crippen LogP contribution in [0.1, 0.15) is 49.6 Å². The molecular formula is C16H26N2O2S. The Labute approximate surface area is 131 Å². The van der Waals surface area contributed by atoms with E-state index in [0.29, 0.717) is 24.1 Å². The zero-order valence-corrected chi connectivity index (χ0v) is 14.3. The van der Waals surface area contributed by atoms with Gasteiger partial charge in [0.25, 0.3) is 5.91 Å². The summed E-state index contributed by atoms with van der Waals surface area (Å²) in [5, 5.41) is 2.95. The molecule has 1 aromatic heterocycles. The second-order valence-corrected chi connectivity index (χ2v) is 7.56. The summed E-state index contributed by atoms with van der Waals surface area (Å²) >= 11 is 1.59. The smallest absolute Gasteiger partial charge is 0.273 e. The van der Waals surface area contributed by atoms with E-state index in [0.717, 1.165) is 31.0 Å². The first-order valence-electron chi connectivity index (χ1n) is 7.81. The Morgan fingerprint density at radius 3 is 2.86 bits per heavy atom. The monoisotopic (exact) mass is 310 g/mol. The summed E-state index contributed by atoms with van der Waals surface area (Å²) < 4.78 is 5.83. The van der Waals surface area contributed by atoms with Crippen LogP contribution < -0.4 is 0 Å². The Morgan fingerprint density at radius 2 is 2.19 bits per heavy atom. The molecular weight excluding hydrogens is 284 g/mol. The van der Waals surface area contributed by atoms with Crippen molar-refractivity contribution in [2.75, 3.05) is 19.7 Å². The lowest BCUT2D eigenvalue weighted by atomic mass is 10.1. The number of hydrogen-bond acceptors (Lipinski definition) is 4. The number of likely N-dealkylation sites (tertiary alicyclic amines) is 1. The van der Waals surface area contributed by atoms with Gasteiger partial charge in [-0.3, -0.25) is 4.79 Å². The molecule has 0 spiro atoms. The van der Waals surface area contributed by atoms with Crippen molar-refractivity contribution in [1.82, 2.24) is 9.88 Å². The molecule has 0 aliphatic carbocycles. The first-order chi connectivity index (χ1) is 9.95. The van der Waals surface area contributed by atoms with Crippen molar-refractivity contribution in [3.8, 4) is 0 Å². The summed E-state index contributed by atoms with van der Waals surface area (Å²) in [5.74, 6) is 1.16. The van der Waals surface area contributed by atoms with E-state index in [2.05, 4.69) is 32.7 Å². The molecule has 2 heterocycles. The van der Waals surface area contributed by atoms with E-state index in [1.165, 1.54) is 0 Å². The number of amides is 1. The minimum Gasteiger partial charge on any atom is -0.376 e. The molecule has 4 nitrogen and oxygen atoms in total. The van der Waals surface area contributed by atoms with Crippen LogP contribution in [0.2, 0.25) is 0 Å². The fourth-order valence-corrected chi connectivity index (χ4v) is 3.37. The van der Waals surface area contributed by atoms with Gasteiger partial charge in [-0.25, -0.2) is 4.98 Å². The highest BCUT2D eigenvalue weighted by molar-refractivity contribution is 7.09. The lowest BCUT2D eigenvalue weighted by Crippen LogP contribution is -2.30. The molecule has 0 N–H and O–H groups in total. The highest BCUT2D eigenvalue weighted by Crippen LogP contribution is 2.19. The summed E-state index contributed by atoms with van der Waals surface area (Å²) in [6.45, 7) is 10.9. The average molecular weight is 310 g/mol. The summed E-state index contributed by atoms with van der Waals surface area (Å²) in [6.07, 6.45) is 2.06. The van der Waals surface area contributed by atoms with E-state index in [4.69, 9.17) is 4.74 Å². The summed E-state index contributed by atoms with van der Waals surface area (Å²) in [4.78, 5) is 18.8. The molecule has 1 fully saturated rings. The van der Waals surface area contributed by atoms with E-state index in [1.807, 2.05) is 10.3 Å². The van der Waals surface area contributed by atoms with Gasteiger partial charge in [-0.15, -0.1) is 11.3 Å². The third-order valence-electron chi connectivity index (χ3n) is 3.45. The topological polar surface area (TPSA) is 42.4 Å². The van der Waals surface area contributed by atoms with Crippen molar-refractivity contribution in [3.05, 3.63) is 16.1 Å². The number of nitrogens with zero attached hydrogens (tertiary/aromatic N) is 2. The number of carbonyl (C=O) groups is 1. The maximum Gasteiger partial charge on any atom is 0.273 e. The third kappa shape index (κ3) is 4.78.